The molecule has 0 radical (unpaired) electrons. The maximum absolute atomic E-state index is 12.8. The number of carbonyl (C=O) groups is 1. The molecule has 2 bridgehead atoms. The highest BCUT2D eigenvalue weighted by molar-refractivity contribution is 7.92. The van der Waals surface area contributed by atoms with Crippen molar-refractivity contribution in [2.75, 3.05) is 17.1 Å². The van der Waals surface area contributed by atoms with Crippen LogP contribution in [0.15, 0.2) is 53.4 Å². The monoisotopic (exact) mass is 414 g/mol. The highest BCUT2D eigenvalue weighted by Gasteiger charge is 2.40. The Morgan fingerprint density at radius 2 is 1.93 bits per heavy atom. The Morgan fingerprint density at radius 3 is 2.66 bits per heavy atom. The number of rotatable bonds is 7. The SMILES string of the molecule is COc1ccccc1NS(=O)(=O)c1cccc(NC(=O)C[C@H]2C[C@H]3CC[C@H]2C3)c1. The second kappa shape index (κ2) is 8.06. The third-order valence-electron chi connectivity index (χ3n) is 6.11. The Labute approximate surface area is 171 Å². The molecule has 0 unspecified atom stereocenters. The molecule has 154 valence electrons. The highest BCUT2D eigenvalue weighted by atomic mass is 32.2. The lowest BCUT2D eigenvalue weighted by Crippen LogP contribution is -2.20. The van der Waals surface area contributed by atoms with Crippen molar-refractivity contribution in [1.29, 1.82) is 0 Å². The first kappa shape index (κ1) is 19.8. The zero-order chi connectivity index (χ0) is 20.4. The standard InChI is InChI=1S/C22H26N2O4S/c1-28-21-8-3-2-7-20(21)24-29(26,27)19-6-4-5-18(14-19)23-22(25)13-17-12-15-9-10-16(17)11-15/h2-8,14-17,24H,9-13H2,1H3,(H,23,25)/t15-,16-,17+/m0/s1. The van der Waals surface area contributed by atoms with Crippen molar-refractivity contribution in [3.8, 4) is 5.75 Å². The van der Waals surface area contributed by atoms with E-state index in [0.29, 0.717) is 35.4 Å². The molecule has 4 rings (SSSR count). The fourth-order valence-electron chi connectivity index (χ4n) is 4.75. The zero-order valence-electron chi connectivity index (χ0n) is 16.4. The largest absolute Gasteiger partial charge is 0.495 e. The van der Waals surface area contributed by atoms with Crippen LogP contribution in [0.1, 0.15) is 32.1 Å². The smallest absolute Gasteiger partial charge is 0.262 e. The number of amides is 1. The molecule has 2 aliphatic carbocycles. The molecule has 7 heteroatoms. The number of para-hydroxylation sites is 2. The third-order valence-corrected chi connectivity index (χ3v) is 7.47. The van der Waals surface area contributed by atoms with Gasteiger partial charge in [0.1, 0.15) is 5.75 Å². The summed E-state index contributed by atoms with van der Waals surface area (Å²) in [4.78, 5) is 12.6. The van der Waals surface area contributed by atoms with E-state index in [0.717, 1.165) is 12.3 Å². The van der Waals surface area contributed by atoms with Crippen molar-refractivity contribution >= 4 is 27.3 Å². The molecule has 2 N–H and O–H groups in total. The predicted molar refractivity (Wildman–Crippen MR) is 112 cm³/mol. The minimum absolute atomic E-state index is 0.0465. The van der Waals surface area contributed by atoms with Gasteiger partial charge in [0, 0.05) is 12.1 Å². The minimum Gasteiger partial charge on any atom is -0.495 e. The third kappa shape index (κ3) is 4.40. The first-order valence-corrected chi connectivity index (χ1v) is 11.5. The fourth-order valence-corrected chi connectivity index (χ4v) is 5.87. The highest BCUT2D eigenvalue weighted by Crippen LogP contribution is 2.49. The first-order chi connectivity index (χ1) is 13.9. The maximum atomic E-state index is 12.8. The predicted octanol–water partition coefficient (Wildman–Crippen LogP) is 4.26. The average Bonchev–Trinajstić information content (AvgIpc) is 3.31. The van der Waals surface area contributed by atoms with Gasteiger partial charge in [0.15, 0.2) is 0 Å². The van der Waals surface area contributed by atoms with Crippen molar-refractivity contribution in [1.82, 2.24) is 0 Å². The number of anilines is 2. The normalized spacial score (nSPS) is 23.0. The molecule has 0 saturated heterocycles. The van der Waals surface area contributed by atoms with Gasteiger partial charge in [0.05, 0.1) is 17.7 Å². The number of carbonyl (C=O) groups excluding carboxylic acids is 1. The molecule has 29 heavy (non-hydrogen) atoms. The topological polar surface area (TPSA) is 84.5 Å². The number of fused-ring (bicyclic) bond motifs is 2. The summed E-state index contributed by atoms with van der Waals surface area (Å²) < 4.78 is 33.3. The second-order valence-electron chi connectivity index (χ2n) is 8.02. The molecule has 0 aliphatic heterocycles. The van der Waals surface area contributed by atoms with E-state index in [-0.39, 0.29) is 10.8 Å². The number of sulfonamides is 1. The number of methoxy groups -OCH3 is 1. The van der Waals surface area contributed by atoms with Gasteiger partial charge in [-0.1, -0.05) is 24.6 Å². The van der Waals surface area contributed by atoms with Crippen LogP contribution in [0, 0.1) is 17.8 Å². The summed E-state index contributed by atoms with van der Waals surface area (Å²) in [6, 6.07) is 13.1. The van der Waals surface area contributed by atoms with Crippen molar-refractivity contribution < 1.29 is 17.9 Å². The first-order valence-electron chi connectivity index (χ1n) is 10.0. The Balaban J connectivity index is 1.44. The Morgan fingerprint density at radius 1 is 1.10 bits per heavy atom. The molecule has 0 aromatic heterocycles. The van der Waals surface area contributed by atoms with Crippen LogP contribution in [0.2, 0.25) is 0 Å². The van der Waals surface area contributed by atoms with Crippen molar-refractivity contribution in [2.45, 2.75) is 37.0 Å². The molecule has 1 amide bonds. The van der Waals surface area contributed by atoms with Crippen LogP contribution >= 0.6 is 0 Å². The Bertz CT molecular complexity index is 1010. The van der Waals surface area contributed by atoms with E-state index in [2.05, 4.69) is 10.0 Å². The molecule has 2 fully saturated rings. The Kier molecular flexibility index (Phi) is 5.50. The summed E-state index contributed by atoms with van der Waals surface area (Å²) in [7, 11) is -2.33. The summed E-state index contributed by atoms with van der Waals surface area (Å²) in [6.45, 7) is 0. The van der Waals surface area contributed by atoms with Crippen LogP contribution < -0.4 is 14.8 Å². The van der Waals surface area contributed by atoms with Crippen LogP contribution in [-0.4, -0.2) is 21.4 Å². The summed E-state index contributed by atoms with van der Waals surface area (Å²) in [5, 5.41) is 2.87. The quantitative estimate of drug-likeness (QED) is 0.709. The molecule has 0 spiro atoms. The van der Waals surface area contributed by atoms with Gasteiger partial charge in [-0.2, -0.15) is 0 Å². The van der Waals surface area contributed by atoms with E-state index in [1.165, 1.54) is 38.5 Å². The van der Waals surface area contributed by atoms with Crippen molar-refractivity contribution in [3.63, 3.8) is 0 Å². The number of hydrogen-bond donors (Lipinski definition) is 2. The van der Waals surface area contributed by atoms with E-state index < -0.39 is 10.0 Å². The molecule has 2 aromatic rings. The lowest BCUT2D eigenvalue weighted by atomic mass is 9.86. The number of benzene rings is 2. The molecule has 3 atom stereocenters. The van der Waals surface area contributed by atoms with Gasteiger partial charge < -0.3 is 10.1 Å². The maximum Gasteiger partial charge on any atom is 0.262 e. The van der Waals surface area contributed by atoms with Crippen LogP contribution in [0.5, 0.6) is 5.75 Å². The van der Waals surface area contributed by atoms with Crippen LogP contribution in [0.3, 0.4) is 0 Å². The molecule has 6 nitrogen and oxygen atoms in total. The second-order valence-corrected chi connectivity index (χ2v) is 9.70. The number of nitrogens with one attached hydrogen (secondary N) is 2. The van der Waals surface area contributed by atoms with Crippen LogP contribution in [-0.2, 0) is 14.8 Å². The van der Waals surface area contributed by atoms with Gasteiger partial charge in [-0.15, -0.1) is 0 Å². The molecule has 0 heterocycles. The van der Waals surface area contributed by atoms with E-state index in [4.69, 9.17) is 4.74 Å². The number of ether oxygens (including phenoxy) is 1. The van der Waals surface area contributed by atoms with Gasteiger partial charge in [0.25, 0.3) is 10.0 Å². The molecule has 2 saturated carbocycles. The van der Waals surface area contributed by atoms with E-state index in [9.17, 15) is 13.2 Å². The fraction of sp³-hybridized carbons (Fsp3) is 0.409. The van der Waals surface area contributed by atoms with Crippen LogP contribution in [0.25, 0.3) is 0 Å². The number of hydrogen-bond acceptors (Lipinski definition) is 4. The Hall–Kier alpha value is -2.54. The summed E-state index contributed by atoms with van der Waals surface area (Å²) >= 11 is 0. The minimum atomic E-state index is -3.81. The lowest BCUT2D eigenvalue weighted by Gasteiger charge is -2.21. The van der Waals surface area contributed by atoms with Gasteiger partial charge >= 0.3 is 0 Å². The summed E-state index contributed by atoms with van der Waals surface area (Å²) in [6.07, 6.45) is 5.47. The molecule has 2 aromatic carbocycles. The van der Waals surface area contributed by atoms with Crippen LogP contribution in [0.4, 0.5) is 11.4 Å². The summed E-state index contributed by atoms with van der Waals surface area (Å²) in [5.41, 5.74) is 0.849. The van der Waals surface area contributed by atoms with Gasteiger partial charge in [0.2, 0.25) is 5.91 Å². The molecule has 2 aliphatic rings. The van der Waals surface area contributed by atoms with Crippen molar-refractivity contribution in [2.24, 2.45) is 17.8 Å². The molecular formula is C22H26N2O4S. The molecular weight excluding hydrogens is 388 g/mol. The van der Waals surface area contributed by atoms with Gasteiger partial charge in [-0.05, 0) is 67.3 Å². The van der Waals surface area contributed by atoms with Gasteiger partial charge in [-0.25, -0.2) is 8.42 Å². The zero-order valence-corrected chi connectivity index (χ0v) is 17.2. The summed E-state index contributed by atoms with van der Waals surface area (Å²) in [5.74, 6) is 2.34. The average molecular weight is 415 g/mol. The van der Waals surface area contributed by atoms with Crippen molar-refractivity contribution in [3.05, 3.63) is 48.5 Å². The van der Waals surface area contributed by atoms with E-state index >= 15 is 0 Å². The van der Waals surface area contributed by atoms with E-state index in [1.807, 2.05) is 0 Å². The lowest BCUT2D eigenvalue weighted by molar-refractivity contribution is -0.117. The van der Waals surface area contributed by atoms with Gasteiger partial charge in [-0.3, -0.25) is 9.52 Å². The van der Waals surface area contributed by atoms with E-state index in [1.54, 1.807) is 36.4 Å².